The molecular formula is C31H41N5O3. The lowest BCUT2D eigenvalue weighted by Crippen LogP contribution is -2.48. The lowest BCUT2D eigenvalue weighted by Gasteiger charge is -2.38. The highest BCUT2D eigenvalue weighted by molar-refractivity contribution is 5.79. The zero-order chi connectivity index (χ0) is 26.9. The van der Waals surface area contributed by atoms with Crippen molar-refractivity contribution in [1.82, 2.24) is 25.0 Å². The maximum absolute atomic E-state index is 13.6. The molecule has 1 aromatic carbocycles. The van der Waals surface area contributed by atoms with Crippen molar-refractivity contribution in [2.24, 2.45) is 11.8 Å². The van der Waals surface area contributed by atoms with Crippen LogP contribution < -0.4 is 10.1 Å². The van der Waals surface area contributed by atoms with Gasteiger partial charge < -0.3 is 19.9 Å². The smallest absolute Gasteiger partial charge is 0.236 e. The van der Waals surface area contributed by atoms with Crippen molar-refractivity contribution in [2.45, 2.75) is 38.8 Å². The second-order valence-electron chi connectivity index (χ2n) is 11.0. The molecule has 3 aliphatic heterocycles. The molecular weight excluding hydrogens is 490 g/mol. The van der Waals surface area contributed by atoms with E-state index < -0.39 is 0 Å². The Balaban J connectivity index is 1.26. The standard InChI is InChI=1S/C31H41N5O3/c37-30(33-14-18-34-15-5-6-16-34)20-25-12-17-36-22-26(25)9-7-19-39-29-11-2-1-8-27(29)21-35(24-31(36)38)23-28-10-3-4-13-32-28/h1-4,7-11,13,25-26H,5-6,12,14-24H2,(H,33,37)/b9-7-/t25-,26-/m0/s1. The highest BCUT2D eigenvalue weighted by Gasteiger charge is 2.32. The predicted molar refractivity (Wildman–Crippen MR) is 151 cm³/mol. The Labute approximate surface area is 232 Å². The van der Waals surface area contributed by atoms with Crippen molar-refractivity contribution in [1.29, 1.82) is 0 Å². The molecule has 8 nitrogen and oxygen atoms in total. The van der Waals surface area contributed by atoms with Crippen LogP contribution in [0.5, 0.6) is 5.75 Å². The molecule has 2 saturated heterocycles. The predicted octanol–water partition coefficient (Wildman–Crippen LogP) is 3.10. The summed E-state index contributed by atoms with van der Waals surface area (Å²) in [4.78, 5) is 37.4. The molecule has 4 heterocycles. The number of fused-ring (bicyclic) bond motifs is 3. The number of benzene rings is 1. The van der Waals surface area contributed by atoms with E-state index in [1.807, 2.05) is 41.3 Å². The van der Waals surface area contributed by atoms with Crippen molar-refractivity contribution in [2.75, 3.05) is 52.4 Å². The maximum Gasteiger partial charge on any atom is 0.236 e. The van der Waals surface area contributed by atoms with Crippen LogP contribution >= 0.6 is 0 Å². The Kier molecular flexibility index (Phi) is 9.61. The largest absolute Gasteiger partial charge is 0.489 e. The van der Waals surface area contributed by atoms with Crippen LogP contribution in [0, 0.1) is 11.8 Å². The molecule has 0 radical (unpaired) electrons. The summed E-state index contributed by atoms with van der Waals surface area (Å²) < 4.78 is 6.17. The van der Waals surface area contributed by atoms with Crippen LogP contribution in [0.25, 0.3) is 0 Å². The number of carbonyl (C=O) groups is 2. The van der Waals surface area contributed by atoms with Crippen LogP contribution in [0.1, 0.15) is 36.9 Å². The molecule has 5 rings (SSSR count). The average molecular weight is 532 g/mol. The highest BCUT2D eigenvalue weighted by atomic mass is 16.5. The van der Waals surface area contributed by atoms with Gasteiger partial charge in [0.2, 0.25) is 11.8 Å². The topological polar surface area (TPSA) is 78.0 Å². The maximum atomic E-state index is 13.6. The Morgan fingerprint density at radius 1 is 1.03 bits per heavy atom. The third-order valence-electron chi connectivity index (χ3n) is 8.11. The SMILES string of the molecule is O=C(C[C@@H]1CCN2C[C@@H]1/C=C\COc1ccccc1CN(Cc1ccccn1)CC2=O)NCCN1CCCC1. The first-order chi connectivity index (χ1) is 19.1. The molecule has 0 spiro atoms. The van der Waals surface area contributed by atoms with E-state index >= 15 is 0 Å². The van der Waals surface area contributed by atoms with Crippen LogP contribution in [-0.2, 0) is 22.7 Å². The first kappa shape index (κ1) is 27.3. The van der Waals surface area contributed by atoms with Crippen molar-refractivity contribution in [3.05, 3.63) is 72.1 Å². The van der Waals surface area contributed by atoms with Gasteiger partial charge in [-0.25, -0.2) is 0 Å². The molecule has 2 fully saturated rings. The molecule has 0 unspecified atom stereocenters. The fourth-order valence-corrected chi connectivity index (χ4v) is 5.96. The number of para-hydroxylation sites is 1. The lowest BCUT2D eigenvalue weighted by molar-refractivity contribution is -0.135. The number of rotatable bonds is 7. The number of hydrogen-bond donors (Lipinski definition) is 1. The number of carbonyl (C=O) groups excluding carboxylic acids is 2. The van der Waals surface area contributed by atoms with Gasteiger partial charge in [0.15, 0.2) is 0 Å². The van der Waals surface area contributed by atoms with E-state index in [0.717, 1.165) is 43.1 Å². The Morgan fingerprint density at radius 3 is 2.72 bits per heavy atom. The molecule has 8 heteroatoms. The molecule has 2 aromatic rings. The quantitative estimate of drug-likeness (QED) is 0.554. The van der Waals surface area contributed by atoms with Gasteiger partial charge in [0.1, 0.15) is 12.4 Å². The van der Waals surface area contributed by atoms with E-state index in [-0.39, 0.29) is 23.7 Å². The van der Waals surface area contributed by atoms with Gasteiger partial charge in [0, 0.05) is 57.4 Å². The summed E-state index contributed by atoms with van der Waals surface area (Å²) in [6.45, 7) is 7.16. The average Bonchev–Trinajstić information content (AvgIpc) is 3.46. The van der Waals surface area contributed by atoms with Crippen LogP contribution in [0.4, 0.5) is 0 Å². The van der Waals surface area contributed by atoms with Gasteiger partial charge in [-0.3, -0.25) is 19.5 Å². The number of hydrogen-bond acceptors (Lipinski definition) is 6. The van der Waals surface area contributed by atoms with Crippen molar-refractivity contribution < 1.29 is 14.3 Å². The number of nitrogens with zero attached hydrogens (tertiary/aromatic N) is 4. The minimum absolute atomic E-state index is 0.113. The molecule has 1 aromatic heterocycles. The highest BCUT2D eigenvalue weighted by Crippen LogP contribution is 2.29. The summed E-state index contributed by atoms with van der Waals surface area (Å²) in [6, 6.07) is 13.9. The fourth-order valence-electron chi connectivity index (χ4n) is 5.96. The first-order valence-corrected chi connectivity index (χ1v) is 14.4. The Bertz CT molecular complexity index is 1120. The second kappa shape index (κ2) is 13.7. The van der Waals surface area contributed by atoms with Gasteiger partial charge in [-0.15, -0.1) is 0 Å². The number of aromatic nitrogens is 1. The second-order valence-corrected chi connectivity index (χ2v) is 11.0. The Morgan fingerprint density at radius 2 is 1.87 bits per heavy atom. The summed E-state index contributed by atoms with van der Waals surface area (Å²) in [5.74, 6) is 1.39. The number of ether oxygens (including phenoxy) is 1. The van der Waals surface area contributed by atoms with Crippen molar-refractivity contribution in [3.63, 3.8) is 0 Å². The number of nitrogens with one attached hydrogen (secondary N) is 1. The third-order valence-corrected chi connectivity index (χ3v) is 8.11. The number of amides is 2. The number of pyridine rings is 1. The van der Waals surface area contributed by atoms with Crippen molar-refractivity contribution >= 4 is 11.8 Å². The van der Waals surface area contributed by atoms with E-state index in [2.05, 4.69) is 38.3 Å². The molecule has 39 heavy (non-hydrogen) atoms. The van der Waals surface area contributed by atoms with E-state index in [0.29, 0.717) is 52.3 Å². The van der Waals surface area contributed by atoms with E-state index in [1.165, 1.54) is 12.8 Å². The lowest BCUT2D eigenvalue weighted by atomic mass is 9.82. The zero-order valence-corrected chi connectivity index (χ0v) is 22.8. The van der Waals surface area contributed by atoms with E-state index in [9.17, 15) is 9.59 Å². The molecule has 2 atom stereocenters. The normalized spacial score (nSPS) is 23.6. The number of piperidine rings is 1. The van der Waals surface area contributed by atoms with Gasteiger partial charge in [-0.1, -0.05) is 36.4 Å². The molecule has 3 aliphatic rings. The van der Waals surface area contributed by atoms with Gasteiger partial charge >= 0.3 is 0 Å². The minimum atomic E-state index is 0.113. The first-order valence-electron chi connectivity index (χ1n) is 14.4. The molecule has 0 aliphatic carbocycles. The van der Waals surface area contributed by atoms with Crippen LogP contribution in [0.3, 0.4) is 0 Å². The Hall–Kier alpha value is -3.23. The van der Waals surface area contributed by atoms with Gasteiger partial charge in [0.05, 0.1) is 12.2 Å². The monoisotopic (exact) mass is 531 g/mol. The molecule has 208 valence electrons. The molecule has 2 bridgehead atoms. The molecule has 2 amide bonds. The van der Waals surface area contributed by atoms with Crippen molar-refractivity contribution in [3.8, 4) is 5.75 Å². The summed E-state index contributed by atoms with van der Waals surface area (Å²) in [5.41, 5.74) is 1.98. The van der Waals surface area contributed by atoms with E-state index in [1.54, 1.807) is 6.20 Å². The third kappa shape index (κ3) is 7.90. The molecule has 0 saturated carbocycles. The van der Waals surface area contributed by atoms with Crippen LogP contribution in [0.2, 0.25) is 0 Å². The van der Waals surface area contributed by atoms with Crippen LogP contribution in [0.15, 0.2) is 60.8 Å². The van der Waals surface area contributed by atoms with E-state index in [4.69, 9.17) is 4.74 Å². The fraction of sp³-hybridized carbons (Fsp3) is 0.516. The summed E-state index contributed by atoms with van der Waals surface area (Å²) >= 11 is 0. The molecule has 1 N–H and O–H groups in total. The zero-order valence-electron chi connectivity index (χ0n) is 22.8. The van der Waals surface area contributed by atoms with Gasteiger partial charge in [-0.2, -0.15) is 0 Å². The minimum Gasteiger partial charge on any atom is -0.489 e. The van der Waals surface area contributed by atoms with Crippen LogP contribution in [-0.4, -0.2) is 83.9 Å². The summed E-state index contributed by atoms with van der Waals surface area (Å²) in [7, 11) is 0. The van der Waals surface area contributed by atoms with Gasteiger partial charge in [0.25, 0.3) is 0 Å². The summed E-state index contributed by atoms with van der Waals surface area (Å²) in [6.07, 6.45) is 9.84. The van der Waals surface area contributed by atoms with Gasteiger partial charge in [-0.05, 0) is 62.4 Å². The summed E-state index contributed by atoms with van der Waals surface area (Å²) in [5, 5.41) is 3.13. The number of likely N-dealkylation sites (tertiary alicyclic amines) is 1.